The predicted molar refractivity (Wildman–Crippen MR) is 81.4 cm³/mol. The molecule has 0 bridgehead atoms. The molecule has 0 amide bonds. The van der Waals surface area contributed by atoms with Gasteiger partial charge in [0.05, 0.1) is 22.5 Å². The minimum absolute atomic E-state index is 0.782. The van der Waals surface area contributed by atoms with Crippen LogP contribution in [0.25, 0.3) is 0 Å². The number of methoxy groups -OCH3 is 1. The second-order valence-electron chi connectivity index (χ2n) is 4.63. The molecule has 0 atom stereocenters. The van der Waals surface area contributed by atoms with Gasteiger partial charge in [-0.3, -0.25) is 4.68 Å². The van der Waals surface area contributed by atoms with Crippen LogP contribution in [0.4, 0.5) is 0 Å². The van der Waals surface area contributed by atoms with Gasteiger partial charge in [0, 0.05) is 39.8 Å². The van der Waals surface area contributed by atoms with Crippen molar-refractivity contribution in [3.8, 4) is 0 Å². The molecule has 1 heterocycles. The fourth-order valence-corrected chi connectivity index (χ4v) is 2.30. The zero-order chi connectivity index (χ0) is 14.3. The summed E-state index contributed by atoms with van der Waals surface area (Å²) in [6.07, 6.45) is 0. The Morgan fingerprint density at radius 1 is 1.42 bits per heavy atom. The van der Waals surface area contributed by atoms with E-state index < -0.39 is 0 Å². The van der Waals surface area contributed by atoms with Crippen molar-refractivity contribution in [3.05, 3.63) is 15.9 Å². The first-order chi connectivity index (χ1) is 9.10. The van der Waals surface area contributed by atoms with E-state index >= 15 is 0 Å². The van der Waals surface area contributed by atoms with Gasteiger partial charge in [-0.2, -0.15) is 5.10 Å². The molecule has 1 rings (SSSR count). The van der Waals surface area contributed by atoms with E-state index in [0.29, 0.717) is 0 Å². The monoisotopic (exact) mass is 332 g/mol. The summed E-state index contributed by atoms with van der Waals surface area (Å²) in [4.78, 5) is 2.26. The van der Waals surface area contributed by atoms with Crippen molar-refractivity contribution in [2.45, 2.75) is 26.9 Å². The number of aryl methyl sites for hydroxylation is 2. The molecule has 0 spiro atoms. The molecule has 19 heavy (non-hydrogen) atoms. The summed E-state index contributed by atoms with van der Waals surface area (Å²) in [5.41, 5.74) is 2.27. The van der Waals surface area contributed by atoms with Crippen molar-refractivity contribution in [1.82, 2.24) is 20.0 Å². The molecule has 0 radical (unpaired) electrons. The number of hydrogen-bond acceptors (Lipinski definition) is 4. The average molecular weight is 333 g/mol. The molecule has 1 aromatic heterocycles. The van der Waals surface area contributed by atoms with E-state index in [9.17, 15) is 0 Å². The summed E-state index contributed by atoms with van der Waals surface area (Å²) in [5, 5.41) is 7.95. The second-order valence-corrected chi connectivity index (χ2v) is 5.43. The maximum absolute atomic E-state index is 5.06. The van der Waals surface area contributed by atoms with Crippen LogP contribution in [-0.2, 0) is 17.8 Å². The molecule has 0 unspecified atom stereocenters. The van der Waals surface area contributed by atoms with Crippen LogP contribution in [0, 0.1) is 6.92 Å². The molecule has 0 aliphatic heterocycles. The van der Waals surface area contributed by atoms with Crippen LogP contribution in [0.5, 0.6) is 0 Å². The van der Waals surface area contributed by atoms with E-state index in [-0.39, 0.29) is 0 Å². The molecule has 1 aromatic rings. The smallest absolute Gasteiger partial charge is 0.0739 e. The minimum atomic E-state index is 0.782. The molecule has 1 N–H and O–H groups in total. The Morgan fingerprint density at radius 3 is 2.79 bits per heavy atom. The van der Waals surface area contributed by atoms with Crippen LogP contribution in [0.3, 0.4) is 0 Å². The van der Waals surface area contributed by atoms with Crippen molar-refractivity contribution in [1.29, 1.82) is 0 Å². The third-order valence-corrected chi connectivity index (χ3v) is 4.12. The zero-order valence-corrected chi connectivity index (χ0v) is 14.0. The van der Waals surface area contributed by atoms with E-state index in [2.05, 4.69) is 45.2 Å². The molecule has 0 aliphatic rings. The van der Waals surface area contributed by atoms with Crippen LogP contribution < -0.4 is 5.32 Å². The summed E-state index contributed by atoms with van der Waals surface area (Å²) in [6, 6.07) is 0. The Labute approximate surface area is 124 Å². The number of likely N-dealkylation sites (N-methyl/N-ethyl adjacent to an activating group) is 1. The summed E-state index contributed by atoms with van der Waals surface area (Å²) in [7, 11) is 3.84. The maximum Gasteiger partial charge on any atom is 0.0739 e. The van der Waals surface area contributed by atoms with Gasteiger partial charge < -0.3 is 15.0 Å². The first-order valence-corrected chi connectivity index (χ1v) is 7.49. The molecule has 0 aromatic carbocycles. The van der Waals surface area contributed by atoms with Crippen molar-refractivity contribution in [2.75, 3.05) is 40.4 Å². The van der Waals surface area contributed by atoms with Gasteiger partial charge in [-0.1, -0.05) is 0 Å². The lowest BCUT2D eigenvalue weighted by Crippen LogP contribution is -2.31. The molecular weight excluding hydrogens is 308 g/mol. The van der Waals surface area contributed by atoms with Crippen LogP contribution in [0.15, 0.2) is 4.47 Å². The zero-order valence-electron chi connectivity index (χ0n) is 12.4. The van der Waals surface area contributed by atoms with Crippen molar-refractivity contribution >= 4 is 15.9 Å². The second kappa shape index (κ2) is 8.68. The minimum Gasteiger partial charge on any atom is -0.383 e. The van der Waals surface area contributed by atoms with E-state index in [1.807, 2.05) is 11.6 Å². The lowest BCUT2D eigenvalue weighted by atomic mass is 10.3. The van der Waals surface area contributed by atoms with E-state index in [1.165, 1.54) is 5.69 Å². The standard InChI is InChI=1S/C13H25BrN4O/c1-5-18-12(13(14)11(2)16-18)10-15-6-7-17(3)8-9-19-4/h15H,5-10H2,1-4H3. The van der Waals surface area contributed by atoms with Crippen molar-refractivity contribution in [3.63, 3.8) is 0 Å². The number of ether oxygens (including phenoxy) is 1. The van der Waals surface area contributed by atoms with E-state index in [1.54, 1.807) is 7.11 Å². The Bertz CT molecular complexity index is 381. The largest absolute Gasteiger partial charge is 0.383 e. The van der Waals surface area contributed by atoms with Gasteiger partial charge in [-0.15, -0.1) is 0 Å². The van der Waals surface area contributed by atoms with Crippen LogP contribution in [0.2, 0.25) is 0 Å². The Kier molecular flexibility index (Phi) is 7.60. The molecule has 0 aliphatic carbocycles. The molecule has 6 heteroatoms. The number of nitrogens with one attached hydrogen (secondary N) is 1. The van der Waals surface area contributed by atoms with Crippen LogP contribution in [-0.4, -0.2) is 55.1 Å². The molecule has 0 fully saturated rings. The normalized spacial score (nSPS) is 11.5. The number of halogens is 1. The van der Waals surface area contributed by atoms with Gasteiger partial charge in [0.25, 0.3) is 0 Å². The highest BCUT2D eigenvalue weighted by molar-refractivity contribution is 9.10. The maximum atomic E-state index is 5.06. The van der Waals surface area contributed by atoms with Gasteiger partial charge in [0.15, 0.2) is 0 Å². The number of nitrogens with zero attached hydrogens (tertiary/aromatic N) is 3. The van der Waals surface area contributed by atoms with Gasteiger partial charge in [0.1, 0.15) is 0 Å². The number of rotatable bonds is 9. The molecular formula is C13H25BrN4O. The lowest BCUT2D eigenvalue weighted by Gasteiger charge is -2.16. The fourth-order valence-electron chi connectivity index (χ4n) is 1.87. The lowest BCUT2D eigenvalue weighted by molar-refractivity contribution is 0.161. The fraction of sp³-hybridized carbons (Fsp3) is 0.769. The summed E-state index contributed by atoms with van der Waals surface area (Å²) in [6.45, 7) is 9.60. The molecule has 5 nitrogen and oxygen atoms in total. The molecule has 0 saturated carbocycles. The summed E-state index contributed by atoms with van der Waals surface area (Å²) in [5.74, 6) is 0. The van der Waals surface area contributed by atoms with E-state index in [4.69, 9.17) is 4.74 Å². The first kappa shape index (κ1) is 16.6. The average Bonchev–Trinajstić information content (AvgIpc) is 2.68. The Balaban J connectivity index is 2.33. The number of hydrogen-bond donors (Lipinski definition) is 1. The first-order valence-electron chi connectivity index (χ1n) is 6.70. The van der Waals surface area contributed by atoms with E-state index in [0.717, 1.165) is 49.5 Å². The number of aromatic nitrogens is 2. The Hall–Kier alpha value is -0.430. The van der Waals surface area contributed by atoms with Crippen LogP contribution in [0.1, 0.15) is 18.3 Å². The highest BCUT2D eigenvalue weighted by Gasteiger charge is 2.11. The highest BCUT2D eigenvalue weighted by atomic mass is 79.9. The molecule has 110 valence electrons. The Morgan fingerprint density at radius 2 is 2.16 bits per heavy atom. The molecule has 0 saturated heterocycles. The topological polar surface area (TPSA) is 42.3 Å². The third kappa shape index (κ3) is 5.22. The summed E-state index contributed by atoms with van der Waals surface area (Å²) < 4.78 is 8.22. The SMILES string of the molecule is CCn1nc(C)c(Br)c1CNCCN(C)CCOC. The third-order valence-electron chi connectivity index (χ3n) is 3.09. The van der Waals surface area contributed by atoms with Gasteiger partial charge in [-0.05, 0) is 36.8 Å². The van der Waals surface area contributed by atoms with Crippen LogP contribution >= 0.6 is 15.9 Å². The van der Waals surface area contributed by atoms with Crippen molar-refractivity contribution < 1.29 is 4.74 Å². The van der Waals surface area contributed by atoms with Crippen molar-refractivity contribution in [2.24, 2.45) is 0 Å². The predicted octanol–water partition coefficient (Wildman–Crippen LogP) is 1.64. The van der Waals surface area contributed by atoms with Gasteiger partial charge in [0.2, 0.25) is 0 Å². The van der Waals surface area contributed by atoms with Gasteiger partial charge >= 0.3 is 0 Å². The van der Waals surface area contributed by atoms with Gasteiger partial charge in [-0.25, -0.2) is 0 Å². The summed E-state index contributed by atoms with van der Waals surface area (Å²) >= 11 is 3.61. The highest BCUT2D eigenvalue weighted by Crippen LogP contribution is 2.20. The quantitative estimate of drug-likeness (QED) is 0.698.